The van der Waals surface area contributed by atoms with E-state index < -0.39 is 0 Å². The van der Waals surface area contributed by atoms with Crippen LogP contribution >= 0.6 is 23.4 Å². The monoisotopic (exact) mass is 561 g/mol. The van der Waals surface area contributed by atoms with E-state index in [4.69, 9.17) is 16.6 Å². The SMILES string of the molecule is O=C(CSc1nc(Cl)cc(N2CCN(C(c3ccccc3)c3ccccc3)CC2)n1)NCc1ccc(F)cc1. The summed E-state index contributed by atoms with van der Waals surface area (Å²) < 4.78 is 13.1. The van der Waals surface area contributed by atoms with E-state index in [9.17, 15) is 9.18 Å². The first-order valence-electron chi connectivity index (χ1n) is 12.8. The second kappa shape index (κ2) is 13.1. The van der Waals surface area contributed by atoms with Gasteiger partial charge >= 0.3 is 0 Å². The van der Waals surface area contributed by atoms with E-state index in [0.717, 1.165) is 37.6 Å². The van der Waals surface area contributed by atoms with Crippen LogP contribution in [0.3, 0.4) is 0 Å². The van der Waals surface area contributed by atoms with E-state index in [1.165, 1.54) is 35.0 Å². The molecule has 200 valence electrons. The number of carbonyl (C=O) groups excluding carboxylic acids is 1. The van der Waals surface area contributed by atoms with Crippen molar-refractivity contribution in [3.63, 3.8) is 0 Å². The third-order valence-electron chi connectivity index (χ3n) is 6.63. The first-order valence-corrected chi connectivity index (χ1v) is 14.2. The Kier molecular flexibility index (Phi) is 9.08. The van der Waals surface area contributed by atoms with E-state index >= 15 is 0 Å². The smallest absolute Gasteiger partial charge is 0.230 e. The molecule has 1 saturated heterocycles. The number of nitrogens with zero attached hydrogens (tertiary/aromatic N) is 4. The lowest BCUT2D eigenvalue weighted by atomic mass is 9.96. The van der Waals surface area contributed by atoms with Crippen molar-refractivity contribution >= 4 is 35.1 Å². The van der Waals surface area contributed by atoms with Crippen LogP contribution in [0.2, 0.25) is 5.15 Å². The summed E-state index contributed by atoms with van der Waals surface area (Å²) in [7, 11) is 0. The summed E-state index contributed by atoms with van der Waals surface area (Å²) >= 11 is 7.59. The van der Waals surface area contributed by atoms with Gasteiger partial charge in [0.2, 0.25) is 5.91 Å². The minimum Gasteiger partial charge on any atom is -0.354 e. The predicted molar refractivity (Wildman–Crippen MR) is 155 cm³/mol. The highest BCUT2D eigenvalue weighted by Gasteiger charge is 2.27. The summed E-state index contributed by atoms with van der Waals surface area (Å²) in [4.78, 5) is 26.1. The fourth-order valence-electron chi connectivity index (χ4n) is 4.69. The lowest BCUT2D eigenvalue weighted by Crippen LogP contribution is -2.48. The maximum atomic E-state index is 13.1. The second-order valence-electron chi connectivity index (χ2n) is 9.27. The molecule has 0 atom stereocenters. The summed E-state index contributed by atoms with van der Waals surface area (Å²) in [6, 6.07) is 29.2. The van der Waals surface area contributed by atoms with Crippen molar-refractivity contribution in [3.05, 3.63) is 119 Å². The Bertz CT molecular complexity index is 1330. The fraction of sp³-hybridized carbons (Fsp3) is 0.233. The van der Waals surface area contributed by atoms with Crippen LogP contribution in [0.15, 0.2) is 96.2 Å². The topological polar surface area (TPSA) is 61.4 Å². The molecule has 1 fully saturated rings. The molecule has 1 amide bonds. The Hall–Kier alpha value is -3.46. The first kappa shape index (κ1) is 27.1. The van der Waals surface area contributed by atoms with Gasteiger partial charge in [0.1, 0.15) is 16.8 Å². The summed E-state index contributed by atoms with van der Waals surface area (Å²) in [6.45, 7) is 3.66. The summed E-state index contributed by atoms with van der Waals surface area (Å²) in [6.07, 6.45) is 0. The lowest BCUT2D eigenvalue weighted by molar-refractivity contribution is -0.118. The minimum atomic E-state index is -0.303. The van der Waals surface area contributed by atoms with Crippen molar-refractivity contribution in [3.8, 4) is 0 Å². The number of halogens is 2. The molecule has 0 radical (unpaired) electrons. The van der Waals surface area contributed by atoms with Gasteiger partial charge in [-0.3, -0.25) is 9.69 Å². The largest absolute Gasteiger partial charge is 0.354 e. The van der Waals surface area contributed by atoms with Crippen molar-refractivity contribution in [2.75, 3.05) is 36.8 Å². The molecule has 0 spiro atoms. The van der Waals surface area contributed by atoms with Crippen LogP contribution in [0.4, 0.5) is 10.2 Å². The molecule has 1 N–H and O–H groups in total. The standard InChI is InChI=1S/C30H29ClFN5OS/c31-26-19-27(35-30(34-26)39-21-28(38)33-20-22-11-13-25(32)14-12-22)36-15-17-37(18-16-36)29(23-7-3-1-4-8-23)24-9-5-2-6-10-24/h1-14,19,29H,15-18,20-21H2,(H,33,38). The Morgan fingerprint density at radius 2 is 1.51 bits per heavy atom. The highest BCUT2D eigenvalue weighted by molar-refractivity contribution is 7.99. The molecule has 2 heterocycles. The van der Waals surface area contributed by atoms with Gasteiger partial charge in [0.25, 0.3) is 0 Å². The highest BCUT2D eigenvalue weighted by atomic mass is 35.5. The molecule has 0 saturated carbocycles. The normalized spacial score (nSPS) is 14.0. The van der Waals surface area contributed by atoms with Gasteiger partial charge in [-0.15, -0.1) is 0 Å². The van der Waals surface area contributed by atoms with Crippen LogP contribution in [-0.4, -0.2) is 52.7 Å². The third-order valence-corrected chi connectivity index (χ3v) is 7.67. The highest BCUT2D eigenvalue weighted by Crippen LogP contribution is 2.30. The molecule has 9 heteroatoms. The number of carbonyl (C=O) groups is 1. The van der Waals surface area contributed by atoms with Gasteiger partial charge in [0, 0.05) is 38.8 Å². The van der Waals surface area contributed by atoms with Gasteiger partial charge in [-0.1, -0.05) is 96.2 Å². The molecule has 6 nitrogen and oxygen atoms in total. The van der Waals surface area contributed by atoms with Gasteiger partial charge in [0.05, 0.1) is 11.8 Å². The Balaban J connectivity index is 1.19. The number of thioether (sulfide) groups is 1. The maximum Gasteiger partial charge on any atom is 0.230 e. The molecule has 5 rings (SSSR count). The summed E-state index contributed by atoms with van der Waals surface area (Å²) in [5.41, 5.74) is 3.38. The Morgan fingerprint density at radius 1 is 0.897 bits per heavy atom. The zero-order valence-corrected chi connectivity index (χ0v) is 22.9. The van der Waals surface area contributed by atoms with E-state index in [1.807, 2.05) is 12.1 Å². The Labute approximate surface area is 237 Å². The molecular formula is C30H29ClFN5OS. The molecule has 0 unspecified atom stereocenters. The van der Waals surface area contributed by atoms with Crippen LogP contribution in [0.25, 0.3) is 0 Å². The number of amides is 1. The number of piperazine rings is 1. The van der Waals surface area contributed by atoms with Crippen molar-refractivity contribution in [2.45, 2.75) is 17.7 Å². The van der Waals surface area contributed by atoms with Crippen molar-refractivity contribution in [1.29, 1.82) is 0 Å². The van der Waals surface area contributed by atoms with E-state index in [2.05, 4.69) is 68.6 Å². The number of hydrogen-bond acceptors (Lipinski definition) is 6. The zero-order chi connectivity index (χ0) is 27.0. The Morgan fingerprint density at radius 3 is 2.13 bits per heavy atom. The van der Waals surface area contributed by atoms with Gasteiger partial charge in [-0.05, 0) is 28.8 Å². The molecule has 0 bridgehead atoms. The van der Waals surface area contributed by atoms with E-state index in [1.54, 1.807) is 18.2 Å². The van der Waals surface area contributed by atoms with Gasteiger partial charge in [0.15, 0.2) is 5.16 Å². The fourth-order valence-corrected chi connectivity index (χ4v) is 5.60. The van der Waals surface area contributed by atoms with Crippen LogP contribution in [0.5, 0.6) is 0 Å². The average molecular weight is 562 g/mol. The molecule has 4 aromatic rings. The second-order valence-corrected chi connectivity index (χ2v) is 10.6. The summed E-state index contributed by atoms with van der Waals surface area (Å²) in [5, 5.41) is 3.65. The van der Waals surface area contributed by atoms with Crippen LogP contribution in [-0.2, 0) is 11.3 Å². The van der Waals surface area contributed by atoms with Gasteiger partial charge in [-0.2, -0.15) is 0 Å². The summed E-state index contributed by atoms with van der Waals surface area (Å²) in [5.74, 6) is 0.462. The third kappa shape index (κ3) is 7.35. The van der Waals surface area contributed by atoms with Crippen molar-refractivity contribution in [1.82, 2.24) is 20.2 Å². The maximum absolute atomic E-state index is 13.1. The average Bonchev–Trinajstić information content (AvgIpc) is 2.97. The molecule has 39 heavy (non-hydrogen) atoms. The number of benzene rings is 3. The number of nitrogens with one attached hydrogen (secondary N) is 1. The zero-order valence-electron chi connectivity index (χ0n) is 21.3. The lowest BCUT2D eigenvalue weighted by Gasteiger charge is -2.40. The van der Waals surface area contributed by atoms with Gasteiger partial charge < -0.3 is 10.2 Å². The van der Waals surface area contributed by atoms with Crippen LogP contribution in [0.1, 0.15) is 22.7 Å². The van der Waals surface area contributed by atoms with Crippen LogP contribution in [0, 0.1) is 5.82 Å². The molecule has 3 aromatic carbocycles. The number of aromatic nitrogens is 2. The minimum absolute atomic E-state index is 0.157. The number of hydrogen-bond donors (Lipinski definition) is 1. The van der Waals surface area contributed by atoms with Crippen molar-refractivity contribution < 1.29 is 9.18 Å². The van der Waals surface area contributed by atoms with Crippen LogP contribution < -0.4 is 10.2 Å². The quantitative estimate of drug-likeness (QED) is 0.163. The molecule has 1 aromatic heterocycles. The van der Waals surface area contributed by atoms with Gasteiger partial charge in [-0.25, -0.2) is 14.4 Å². The van der Waals surface area contributed by atoms with E-state index in [0.29, 0.717) is 16.9 Å². The predicted octanol–water partition coefficient (Wildman–Crippen LogP) is 5.59. The molecule has 1 aliphatic rings. The molecule has 1 aliphatic heterocycles. The number of anilines is 1. The number of rotatable bonds is 9. The first-order chi connectivity index (χ1) is 19.0. The van der Waals surface area contributed by atoms with E-state index in [-0.39, 0.29) is 23.5 Å². The molecule has 0 aliphatic carbocycles. The molecular weight excluding hydrogens is 533 g/mol. The van der Waals surface area contributed by atoms with Crippen molar-refractivity contribution in [2.24, 2.45) is 0 Å².